The van der Waals surface area contributed by atoms with Gasteiger partial charge < -0.3 is 18.1 Å². The van der Waals surface area contributed by atoms with Gasteiger partial charge in [-0.05, 0) is 40.7 Å². The summed E-state index contributed by atoms with van der Waals surface area (Å²) in [5.74, 6) is 0. The zero-order valence-electron chi connectivity index (χ0n) is 14.4. The average molecular weight is 359 g/mol. The fraction of sp³-hybridized carbons (Fsp3) is 1.00. The Morgan fingerprint density at radius 1 is 0.682 bits per heavy atom. The van der Waals surface area contributed by atoms with Crippen molar-refractivity contribution in [2.45, 2.75) is 41.0 Å². The average Bonchev–Trinajstić information content (AvgIpc) is 2.39. The van der Waals surface area contributed by atoms with Gasteiger partial charge in [-0.1, -0.05) is 6.92 Å². The van der Waals surface area contributed by atoms with Crippen LogP contribution in [-0.2, 0) is 27.2 Å². The molecule has 0 fully saturated rings. The van der Waals surface area contributed by atoms with Gasteiger partial charge in [0.2, 0.25) is 0 Å². The summed E-state index contributed by atoms with van der Waals surface area (Å²) in [5, 5.41) is 0. The van der Waals surface area contributed by atoms with E-state index in [1.165, 1.54) is 0 Å². The van der Waals surface area contributed by atoms with Crippen LogP contribution in [0.25, 0.3) is 0 Å². The van der Waals surface area contributed by atoms with E-state index in [1.54, 1.807) is 32.6 Å². The first-order valence-corrected chi connectivity index (χ1v) is 11.3. The molecule has 0 aromatic rings. The van der Waals surface area contributed by atoms with Gasteiger partial charge in [0.15, 0.2) is 0 Å². The van der Waals surface area contributed by atoms with Gasteiger partial charge in [0, 0.05) is 0 Å². The molecule has 0 amide bonds. The second kappa shape index (κ2) is 11.7. The van der Waals surface area contributed by atoms with Crippen molar-refractivity contribution in [3.05, 3.63) is 0 Å². The molecule has 0 saturated heterocycles. The highest BCUT2D eigenvalue weighted by atomic mass is 31.2. The van der Waals surface area contributed by atoms with Crippen LogP contribution in [0.2, 0.25) is 0 Å². The lowest BCUT2D eigenvalue weighted by Gasteiger charge is -2.29. The molecule has 0 N–H and O–H groups in total. The van der Waals surface area contributed by atoms with E-state index in [0.29, 0.717) is 33.0 Å². The van der Waals surface area contributed by atoms with Crippen LogP contribution in [0, 0.1) is 0 Å². The van der Waals surface area contributed by atoms with Crippen LogP contribution < -0.4 is 0 Å². The number of hydrogen-bond acceptors (Lipinski definition) is 7. The van der Waals surface area contributed by atoms with E-state index in [0.717, 1.165) is 6.42 Å². The standard InChI is InChI=1S/C13H31NO6P2/c1-6-11-14(12-21(15,17-7-2)18-8-3)13-22(16,19-9-4)20-10-5/h6-13H2,1-5H3. The van der Waals surface area contributed by atoms with E-state index in [1.807, 2.05) is 6.92 Å². The predicted octanol–water partition coefficient (Wildman–Crippen LogP) is 4.15. The quantitative estimate of drug-likeness (QED) is 0.431. The second-order valence-corrected chi connectivity index (χ2v) is 8.61. The van der Waals surface area contributed by atoms with Crippen LogP contribution >= 0.6 is 15.2 Å². The molecule has 9 heteroatoms. The molecule has 0 aromatic carbocycles. The highest BCUT2D eigenvalue weighted by molar-refractivity contribution is 7.54. The first-order valence-electron chi connectivity index (χ1n) is 7.87. The van der Waals surface area contributed by atoms with Crippen molar-refractivity contribution in [3.8, 4) is 0 Å². The third-order valence-corrected chi connectivity index (χ3v) is 6.69. The summed E-state index contributed by atoms with van der Waals surface area (Å²) in [5.41, 5.74) is 0. The van der Waals surface area contributed by atoms with Gasteiger partial charge in [-0.25, -0.2) is 0 Å². The smallest absolute Gasteiger partial charge is 0.308 e. The van der Waals surface area contributed by atoms with Crippen LogP contribution in [0.1, 0.15) is 41.0 Å². The van der Waals surface area contributed by atoms with Crippen LogP contribution in [0.4, 0.5) is 0 Å². The van der Waals surface area contributed by atoms with Gasteiger partial charge in [-0.3, -0.25) is 14.0 Å². The molecule has 0 unspecified atom stereocenters. The Hall–Kier alpha value is 0.260. The molecule has 0 radical (unpaired) electrons. The molecule has 0 aliphatic heterocycles. The zero-order valence-corrected chi connectivity index (χ0v) is 16.2. The molecule has 0 aliphatic rings. The lowest BCUT2D eigenvalue weighted by Crippen LogP contribution is -2.29. The molecule has 0 aromatic heterocycles. The van der Waals surface area contributed by atoms with Crippen molar-refractivity contribution in [1.29, 1.82) is 0 Å². The van der Waals surface area contributed by atoms with E-state index in [4.69, 9.17) is 18.1 Å². The second-order valence-electron chi connectivity index (χ2n) is 4.57. The SMILES string of the molecule is CCCN(CP(=O)(OCC)OCC)CP(=O)(OCC)OCC. The first-order chi connectivity index (χ1) is 10.4. The van der Waals surface area contributed by atoms with E-state index < -0.39 is 15.2 Å². The molecule has 0 saturated carbocycles. The number of rotatable bonds is 14. The third-order valence-electron chi connectivity index (χ3n) is 2.59. The van der Waals surface area contributed by atoms with Crippen LogP contribution in [-0.4, -0.2) is 50.4 Å². The summed E-state index contributed by atoms with van der Waals surface area (Å²) in [6.07, 6.45) is 0.968. The summed E-state index contributed by atoms with van der Waals surface area (Å²) in [6.45, 7) is 10.8. The molecule has 0 spiro atoms. The molecule has 0 rings (SSSR count). The molecule has 0 atom stereocenters. The summed E-state index contributed by atoms with van der Waals surface area (Å²) in [7, 11) is -6.47. The van der Waals surface area contributed by atoms with Crippen LogP contribution in [0.5, 0.6) is 0 Å². The molecule has 0 heterocycles. The largest absolute Gasteiger partial charge is 0.344 e. The predicted molar refractivity (Wildman–Crippen MR) is 88.4 cm³/mol. The van der Waals surface area contributed by atoms with Crippen molar-refractivity contribution in [2.75, 3.05) is 45.5 Å². The zero-order chi connectivity index (χ0) is 17.1. The lowest BCUT2D eigenvalue weighted by molar-refractivity contribution is 0.184. The van der Waals surface area contributed by atoms with Gasteiger partial charge in [-0.2, -0.15) is 0 Å². The topological polar surface area (TPSA) is 74.3 Å². The van der Waals surface area contributed by atoms with Gasteiger partial charge in [0.25, 0.3) is 0 Å². The Kier molecular flexibility index (Phi) is 11.9. The maximum Gasteiger partial charge on any atom is 0.344 e. The summed E-state index contributed by atoms with van der Waals surface area (Å²) >= 11 is 0. The Bertz CT molecular complexity index is 328. The molecule has 0 aliphatic carbocycles. The molecule has 134 valence electrons. The summed E-state index contributed by atoms with van der Waals surface area (Å²) in [4.78, 5) is 1.78. The van der Waals surface area contributed by atoms with Crippen molar-refractivity contribution in [1.82, 2.24) is 4.90 Å². The van der Waals surface area contributed by atoms with Gasteiger partial charge >= 0.3 is 15.2 Å². The highest BCUT2D eigenvalue weighted by Gasteiger charge is 2.33. The van der Waals surface area contributed by atoms with Crippen molar-refractivity contribution in [2.24, 2.45) is 0 Å². The van der Waals surface area contributed by atoms with E-state index in [2.05, 4.69) is 0 Å². The highest BCUT2D eigenvalue weighted by Crippen LogP contribution is 2.53. The van der Waals surface area contributed by atoms with Crippen molar-refractivity contribution in [3.63, 3.8) is 0 Å². The number of nitrogens with zero attached hydrogens (tertiary/aromatic N) is 1. The third kappa shape index (κ3) is 8.78. The Morgan fingerprint density at radius 2 is 1.00 bits per heavy atom. The van der Waals surface area contributed by atoms with Crippen molar-refractivity contribution >= 4 is 15.2 Å². The summed E-state index contributed by atoms with van der Waals surface area (Å²) < 4.78 is 46.5. The minimum Gasteiger partial charge on any atom is -0.308 e. The fourth-order valence-corrected chi connectivity index (χ4v) is 5.69. The minimum atomic E-state index is -3.24. The van der Waals surface area contributed by atoms with E-state index in [-0.39, 0.29) is 12.6 Å². The number of hydrogen-bond donors (Lipinski definition) is 0. The minimum absolute atomic E-state index is 0.0761. The maximum atomic E-state index is 12.6. The Labute approximate surface area is 134 Å². The first kappa shape index (κ1) is 22.3. The van der Waals surface area contributed by atoms with E-state index in [9.17, 15) is 9.13 Å². The molecule has 22 heavy (non-hydrogen) atoms. The normalized spacial score (nSPS) is 13.0. The van der Waals surface area contributed by atoms with Gasteiger partial charge in [0.1, 0.15) is 12.6 Å². The summed E-state index contributed by atoms with van der Waals surface area (Å²) in [6, 6.07) is 0. The van der Waals surface area contributed by atoms with Gasteiger partial charge in [-0.15, -0.1) is 0 Å². The Morgan fingerprint density at radius 3 is 1.23 bits per heavy atom. The van der Waals surface area contributed by atoms with Gasteiger partial charge in [0.05, 0.1) is 26.4 Å². The van der Waals surface area contributed by atoms with E-state index >= 15 is 0 Å². The van der Waals surface area contributed by atoms with Crippen LogP contribution in [0.15, 0.2) is 0 Å². The maximum absolute atomic E-state index is 12.6. The molecule has 7 nitrogen and oxygen atoms in total. The molecular formula is C13H31NO6P2. The van der Waals surface area contributed by atoms with Crippen molar-refractivity contribution < 1.29 is 27.2 Å². The Balaban J connectivity index is 5.02. The monoisotopic (exact) mass is 359 g/mol. The molecule has 0 bridgehead atoms. The molecular weight excluding hydrogens is 328 g/mol. The fourth-order valence-electron chi connectivity index (χ4n) is 2.02. The van der Waals surface area contributed by atoms with Crippen LogP contribution in [0.3, 0.4) is 0 Å². The lowest BCUT2D eigenvalue weighted by atomic mass is 10.5.